The van der Waals surface area contributed by atoms with Gasteiger partial charge >= 0.3 is 0 Å². The topological polar surface area (TPSA) is 49.8 Å². The summed E-state index contributed by atoms with van der Waals surface area (Å²) in [4.78, 5) is 12.5. The number of hydrogen-bond donors (Lipinski definition) is 1. The minimum Gasteiger partial charge on any atom is -0.387 e. The molecule has 82 valence electrons. The van der Waals surface area contributed by atoms with Gasteiger partial charge in [-0.25, -0.2) is 4.39 Å². The van der Waals surface area contributed by atoms with Crippen LogP contribution in [0.2, 0.25) is 0 Å². The first-order valence-electron chi connectivity index (χ1n) is 4.67. The first-order valence-corrected chi connectivity index (χ1v) is 4.67. The highest BCUT2D eigenvalue weighted by Gasteiger charge is 2.35. The highest BCUT2D eigenvalue weighted by atomic mass is 19.1. The summed E-state index contributed by atoms with van der Waals surface area (Å²) in [6.45, 7) is 1.28. The maximum Gasteiger partial charge on any atom is 0.248 e. The smallest absolute Gasteiger partial charge is 0.248 e. The quantitative estimate of drug-likeness (QED) is 0.687. The number of methoxy groups -OCH3 is 1. The van der Waals surface area contributed by atoms with Crippen LogP contribution in [-0.2, 0) is 9.53 Å². The van der Waals surface area contributed by atoms with Crippen molar-refractivity contribution in [3.05, 3.63) is 0 Å². The number of carbonyl (C=O) groups excluding carboxylic acids is 1. The molecule has 0 bridgehead atoms. The van der Waals surface area contributed by atoms with E-state index in [-0.39, 0.29) is 12.6 Å². The molecule has 0 aliphatic carbocycles. The molecule has 0 aromatic heterocycles. The zero-order valence-corrected chi connectivity index (χ0v) is 8.44. The summed E-state index contributed by atoms with van der Waals surface area (Å²) >= 11 is 0. The molecule has 0 aromatic carbocycles. The molecule has 1 rings (SSSR count). The lowest BCUT2D eigenvalue weighted by atomic mass is 9.99. The van der Waals surface area contributed by atoms with Crippen molar-refractivity contribution >= 4 is 5.91 Å². The van der Waals surface area contributed by atoms with E-state index in [4.69, 9.17) is 9.84 Å². The van der Waals surface area contributed by atoms with Gasteiger partial charge in [-0.15, -0.1) is 0 Å². The Morgan fingerprint density at radius 3 is 2.86 bits per heavy atom. The number of aliphatic hydroxyl groups excluding tert-OH is 1. The fourth-order valence-electron chi connectivity index (χ4n) is 1.78. The maximum atomic E-state index is 13.4. The predicted molar refractivity (Wildman–Crippen MR) is 48.6 cm³/mol. The van der Waals surface area contributed by atoms with Crippen LogP contribution < -0.4 is 0 Å². The SMILES string of the molecule is CO[C@H]1C[C@H](C)N(C(=O)CO)C[C@H]1F. The summed E-state index contributed by atoms with van der Waals surface area (Å²) in [5, 5.41) is 8.67. The normalized spacial score (nSPS) is 33.1. The lowest BCUT2D eigenvalue weighted by molar-refractivity contribution is -0.143. The number of halogens is 1. The highest BCUT2D eigenvalue weighted by molar-refractivity contribution is 5.77. The summed E-state index contributed by atoms with van der Waals surface area (Å²) in [6, 6.07) is -0.0772. The monoisotopic (exact) mass is 205 g/mol. The molecular weight excluding hydrogens is 189 g/mol. The second-order valence-corrected chi connectivity index (χ2v) is 3.58. The molecule has 1 amide bonds. The van der Waals surface area contributed by atoms with E-state index in [0.717, 1.165) is 0 Å². The standard InChI is InChI=1S/C9H16FNO3/c1-6-3-8(14-2)7(10)4-11(6)9(13)5-12/h6-8,12H,3-5H2,1-2H3/t6-,7+,8-/m0/s1. The second kappa shape index (κ2) is 4.70. The Morgan fingerprint density at radius 1 is 1.71 bits per heavy atom. The third-order valence-corrected chi connectivity index (χ3v) is 2.64. The van der Waals surface area contributed by atoms with Crippen molar-refractivity contribution in [3.8, 4) is 0 Å². The molecule has 1 saturated heterocycles. The van der Waals surface area contributed by atoms with E-state index in [1.807, 2.05) is 6.92 Å². The number of alkyl halides is 1. The van der Waals surface area contributed by atoms with Gasteiger partial charge in [0.25, 0.3) is 0 Å². The Hall–Kier alpha value is -0.680. The Bertz CT molecular complexity index is 212. The van der Waals surface area contributed by atoms with E-state index in [2.05, 4.69) is 0 Å². The molecule has 0 spiro atoms. The minimum absolute atomic E-state index is 0.0130. The zero-order chi connectivity index (χ0) is 10.7. The van der Waals surface area contributed by atoms with Gasteiger partial charge in [-0.3, -0.25) is 4.79 Å². The predicted octanol–water partition coefficient (Wildman–Crippen LogP) is -0.0474. The largest absolute Gasteiger partial charge is 0.387 e. The number of hydrogen-bond acceptors (Lipinski definition) is 3. The van der Waals surface area contributed by atoms with Gasteiger partial charge in [0.2, 0.25) is 5.91 Å². The van der Waals surface area contributed by atoms with E-state index < -0.39 is 24.8 Å². The van der Waals surface area contributed by atoms with Crippen molar-refractivity contribution < 1.29 is 19.0 Å². The van der Waals surface area contributed by atoms with Gasteiger partial charge in [-0.2, -0.15) is 0 Å². The van der Waals surface area contributed by atoms with Crippen molar-refractivity contribution in [2.45, 2.75) is 31.7 Å². The Balaban J connectivity index is 2.61. The molecule has 4 nitrogen and oxygen atoms in total. The molecule has 1 aliphatic heterocycles. The third kappa shape index (κ3) is 2.22. The van der Waals surface area contributed by atoms with Gasteiger partial charge in [0.15, 0.2) is 0 Å². The number of piperidine rings is 1. The molecule has 1 heterocycles. The lowest BCUT2D eigenvalue weighted by Gasteiger charge is -2.38. The molecule has 1 fully saturated rings. The number of rotatable bonds is 2. The van der Waals surface area contributed by atoms with Crippen molar-refractivity contribution in [2.24, 2.45) is 0 Å². The van der Waals surface area contributed by atoms with E-state index in [1.165, 1.54) is 12.0 Å². The molecule has 0 unspecified atom stereocenters. The lowest BCUT2D eigenvalue weighted by Crippen LogP contribution is -2.53. The second-order valence-electron chi connectivity index (χ2n) is 3.58. The third-order valence-electron chi connectivity index (χ3n) is 2.64. The number of ether oxygens (including phenoxy) is 1. The maximum absolute atomic E-state index is 13.4. The number of aliphatic hydroxyl groups is 1. The van der Waals surface area contributed by atoms with Crippen molar-refractivity contribution in [1.82, 2.24) is 4.90 Å². The van der Waals surface area contributed by atoms with E-state index >= 15 is 0 Å². The molecule has 1 N–H and O–H groups in total. The van der Waals surface area contributed by atoms with Gasteiger partial charge in [-0.1, -0.05) is 0 Å². The van der Waals surface area contributed by atoms with E-state index in [1.54, 1.807) is 0 Å². The van der Waals surface area contributed by atoms with Crippen LogP contribution in [0.25, 0.3) is 0 Å². The van der Waals surface area contributed by atoms with Gasteiger partial charge in [0, 0.05) is 13.2 Å². The molecule has 3 atom stereocenters. The first-order chi connectivity index (χ1) is 6.60. The summed E-state index contributed by atoms with van der Waals surface area (Å²) in [5.74, 6) is -0.422. The Labute approximate surface area is 82.6 Å². The number of likely N-dealkylation sites (tertiary alicyclic amines) is 1. The fourth-order valence-corrected chi connectivity index (χ4v) is 1.78. The van der Waals surface area contributed by atoms with Crippen LogP contribution in [0.1, 0.15) is 13.3 Å². The van der Waals surface area contributed by atoms with Crippen molar-refractivity contribution in [1.29, 1.82) is 0 Å². The summed E-state index contributed by atoms with van der Waals surface area (Å²) in [6.07, 6.45) is -1.12. The fraction of sp³-hybridized carbons (Fsp3) is 0.889. The molecule has 0 aromatic rings. The van der Waals surface area contributed by atoms with Gasteiger partial charge in [-0.05, 0) is 13.3 Å². The summed E-state index contributed by atoms with van der Waals surface area (Å²) in [7, 11) is 1.47. The number of amides is 1. The Morgan fingerprint density at radius 2 is 2.36 bits per heavy atom. The van der Waals surface area contributed by atoms with Gasteiger partial charge in [0.1, 0.15) is 12.8 Å². The molecule has 5 heteroatoms. The average molecular weight is 205 g/mol. The highest BCUT2D eigenvalue weighted by Crippen LogP contribution is 2.21. The molecule has 0 saturated carbocycles. The zero-order valence-electron chi connectivity index (χ0n) is 8.44. The first kappa shape index (κ1) is 11.4. The average Bonchev–Trinajstić information content (AvgIpc) is 2.19. The summed E-state index contributed by atoms with van der Waals surface area (Å²) in [5.41, 5.74) is 0. The van der Waals surface area contributed by atoms with Crippen LogP contribution in [0.15, 0.2) is 0 Å². The van der Waals surface area contributed by atoms with Crippen LogP contribution in [0.5, 0.6) is 0 Å². The number of nitrogens with zero attached hydrogens (tertiary/aromatic N) is 1. The summed E-state index contributed by atoms with van der Waals surface area (Å²) < 4.78 is 18.3. The Kier molecular flexibility index (Phi) is 3.83. The molecule has 14 heavy (non-hydrogen) atoms. The van der Waals surface area contributed by atoms with Crippen LogP contribution in [0, 0.1) is 0 Å². The molecular formula is C9H16FNO3. The van der Waals surface area contributed by atoms with Gasteiger partial charge < -0.3 is 14.7 Å². The van der Waals surface area contributed by atoms with Crippen LogP contribution >= 0.6 is 0 Å². The molecule has 0 radical (unpaired) electrons. The van der Waals surface area contributed by atoms with E-state index in [0.29, 0.717) is 6.42 Å². The minimum atomic E-state index is -1.16. The van der Waals surface area contributed by atoms with Crippen LogP contribution in [0.3, 0.4) is 0 Å². The van der Waals surface area contributed by atoms with Crippen molar-refractivity contribution in [3.63, 3.8) is 0 Å². The molecule has 1 aliphatic rings. The van der Waals surface area contributed by atoms with Crippen LogP contribution in [-0.4, -0.2) is 54.5 Å². The van der Waals surface area contributed by atoms with Gasteiger partial charge in [0.05, 0.1) is 12.6 Å². The number of carbonyl (C=O) groups is 1. The van der Waals surface area contributed by atoms with Crippen molar-refractivity contribution in [2.75, 3.05) is 20.3 Å². The van der Waals surface area contributed by atoms with E-state index in [9.17, 15) is 9.18 Å². The van der Waals surface area contributed by atoms with Crippen LogP contribution in [0.4, 0.5) is 4.39 Å².